The second-order valence-electron chi connectivity index (χ2n) is 6.57. The molecule has 1 N–H and O–H groups in total. The molecule has 4 rings (SSSR count). The van der Waals surface area contributed by atoms with Crippen LogP contribution >= 0.6 is 11.8 Å². The number of aliphatic carboxylic acids is 1. The van der Waals surface area contributed by atoms with Crippen molar-refractivity contribution in [3.8, 4) is 0 Å². The standard InChI is InChI=1S/C14H21NO3S/c16-12(17)7-19-8-15-13(18)14-4-9-1-10(5-14)3-11(2-9)6-14/h9-11H,1-8H2,(H,15,18)(H,16,17)/p-1. The number of nitrogens with one attached hydrogen (secondary N) is 1. The summed E-state index contributed by atoms with van der Waals surface area (Å²) < 4.78 is 0. The minimum Gasteiger partial charge on any atom is -0.549 e. The van der Waals surface area contributed by atoms with E-state index in [1.54, 1.807) is 0 Å². The zero-order chi connectivity index (χ0) is 13.5. The summed E-state index contributed by atoms with van der Waals surface area (Å²) in [6, 6.07) is 0. The Balaban J connectivity index is 1.56. The number of thioether (sulfide) groups is 1. The Morgan fingerprint density at radius 3 is 2.11 bits per heavy atom. The third kappa shape index (κ3) is 2.62. The van der Waals surface area contributed by atoms with Crippen molar-refractivity contribution in [3.63, 3.8) is 0 Å². The van der Waals surface area contributed by atoms with Crippen LogP contribution in [0.2, 0.25) is 0 Å². The van der Waals surface area contributed by atoms with Crippen LogP contribution in [0, 0.1) is 23.2 Å². The van der Waals surface area contributed by atoms with Gasteiger partial charge in [0, 0.05) is 11.2 Å². The van der Waals surface area contributed by atoms with Gasteiger partial charge in [-0.2, -0.15) is 0 Å². The molecule has 0 saturated heterocycles. The summed E-state index contributed by atoms with van der Waals surface area (Å²) >= 11 is 1.20. The maximum atomic E-state index is 12.5. The second-order valence-corrected chi connectivity index (χ2v) is 7.55. The van der Waals surface area contributed by atoms with E-state index in [1.807, 2.05) is 0 Å². The van der Waals surface area contributed by atoms with Gasteiger partial charge in [-0.05, 0) is 56.3 Å². The van der Waals surface area contributed by atoms with Crippen LogP contribution in [0.15, 0.2) is 0 Å². The highest BCUT2D eigenvalue weighted by molar-refractivity contribution is 7.99. The highest BCUT2D eigenvalue weighted by Crippen LogP contribution is 2.60. The number of carbonyl (C=O) groups is 2. The van der Waals surface area contributed by atoms with E-state index in [2.05, 4.69) is 5.32 Å². The van der Waals surface area contributed by atoms with Gasteiger partial charge in [-0.15, -0.1) is 11.8 Å². The third-order valence-electron chi connectivity index (χ3n) is 5.07. The van der Waals surface area contributed by atoms with E-state index in [1.165, 1.54) is 31.0 Å². The van der Waals surface area contributed by atoms with Crippen molar-refractivity contribution >= 4 is 23.6 Å². The quantitative estimate of drug-likeness (QED) is 0.597. The Labute approximate surface area is 117 Å². The first kappa shape index (κ1) is 13.3. The number of hydrogen-bond acceptors (Lipinski definition) is 4. The van der Waals surface area contributed by atoms with Crippen LogP contribution in [0.3, 0.4) is 0 Å². The largest absolute Gasteiger partial charge is 0.549 e. The average Bonchev–Trinajstić information content (AvgIpc) is 2.32. The normalized spacial score (nSPS) is 39.3. The molecule has 1 amide bonds. The molecule has 0 unspecified atom stereocenters. The number of hydrogen-bond donors (Lipinski definition) is 1. The molecule has 4 nitrogen and oxygen atoms in total. The summed E-state index contributed by atoms with van der Waals surface area (Å²) in [4.78, 5) is 22.8. The second kappa shape index (κ2) is 5.00. The van der Waals surface area contributed by atoms with Crippen molar-refractivity contribution in [1.29, 1.82) is 0 Å². The average molecular weight is 282 g/mol. The van der Waals surface area contributed by atoms with Crippen molar-refractivity contribution in [2.45, 2.75) is 38.5 Å². The van der Waals surface area contributed by atoms with Crippen molar-refractivity contribution in [2.24, 2.45) is 23.2 Å². The number of carboxylic acid groups (broad SMARTS) is 1. The van der Waals surface area contributed by atoms with E-state index < -0.39 is 5.97 Å². The van der Waals surface area contributed by atoms with Crippen LogP contribution in [-0.4, -0.2) is 23.5 Å². The fourth-order valence-electron chi connectivity index (χ4n) is 4.83. The Morgan fingerprint density at radius 2 is 1.63 bits per heavy atom. The zero-order valence-corrected chi connectivity index (χ0v) is 11.8. The van der Waals surface area contributed by atoms with Crippen LogP contribution < -0.4 is 10.4 Å². The van der Waals surface area contributed by atoms with Crippen molar-refractivity contribution in [2.75, 3.05) is 11.6 Å². The summed E-state index contributed by atoms with van der Waals surface area (Å²) in [5.74, 6) is 1.69. The van der Waals surface area contributed by atoms with Crippen molar-refractivity contribution in [3.05, 3.63) is 0 Å². The zero-order valence-electron chi connectivity index (χ0n) is 11.0. The maximum Gasteiger partial charge on any atom is 0.226 e. The lowest BCUT2D eigenvalue weighted by atomic mass is 9.49. The lowest BCUT2D eigenvalue weighted by Crippen LogP contribution is -2.53. The molecule has 0 aromatic carbocycles. The molecule has 0 spiro atoms. The van der Waals surface area contributed by atoms with Gasteiger partial charge in [0.15, 0.2) is 0 Å². The molecule has 0 aromatic heterocycles. The van der Waals surface area contributed by atoms with Gasteiger partial charge in [-0.1, -0.05) is 0 Å². The number of rotatable bonds is 5. The molecular formula is C14H20NO3S-. The molecule has 4 aliphatic carbocycles. The van der Waals surface area contributed by atoms with E-state index in [0.717, 1.165) is 37.0 Å². The fourth-order valence-corrected chi connectivity index (χ4v) is 5.33. The number of carboxylic acids is 1. The van der Waals surface area contributed by atoms with Gasteiger partial charge in [0.25, 0.3) is 0 Å². The van der Waals surface area contributed by atoms with Gasteiger partial charge in [-0.25, -0.2) is 0 Å². The van der Waals surface area contributed by atoms with E-state index >= 15 is 0 Å². The Morgan fingerprint density at radius 1 is 1.11 bits per heavy atom. The Hall–Kier alpha value is -0.710. The molecule has 4 aliphatic rings. The number of amides is 1. The van der Waals surface area contributed by atoms with E-state index in [4.69, 9.17) is 0 Å². The van der Waals surface area contributed by atoms with Gasteiger partial charge in [-0.3, -0.25) is 4.79 Å². The van der Waals surface area contributed by atoms with Crippen molar-refractivity contribution < 1.29 is 14.7 Å². The molecule has 0 heterocycles. The highest BCUT2D eigenvalue weighted by atomic mass is 32.2. The van der Waals surface area contributed by atoms with Crippen molar-refractivity contribution in [1.82, 2.24) is 5.32 Å². The monoisotopic (exact) mass is 282 g/mol. The summed E-state index contributed by atoms with van der Waals surface area (Å²) in [5, 5.41) is 13.2. The van der Waals surface area contributed by atoms with Crippen LogP contribution in [0.25, 0.3) is 0 Å². The van der Waals surface area contributed by atoms with E-state index in [-0.39, 0.29) is 17.1 Å². The van der Waals surface area contributed by atoms with E-state index in [0.29, 0.717) is 5.88 Å². The maximum absolute atomic E-state index is 12.5. The van der Waals surface area contributed by atoms with Crippen LogP contribution in [0.4, 0.5) is 0 Å². The molecule has 4 saturated carbocycles. The molecule has 0 atom stereocenters. The molecule has 5 heteroatoms. The topological polar surface area (TPSA) is 69.2 Å². The summed E-state index contributed by atoms with van der Waals surface area (Å²) in [6.07, 6.45) is 7.13. The third-order valence-corrected chi connectivity index (χ3v) is 5.86. The summed E-state index contributed by atoms with van der Waals surface area (Å²) in [6.45, 7) is 0. The Bertz CT molecular complexity index is 361. The highest BCUT2D eigenvalue weighted by Gasteiger charge is 2.54. The summed E-state index contributed by atoms with van der Waals surface area (Å²) in [5.41, 5.74) is -0.128. The first-order valence-electron chi connectivity index (χ1n) is 7.13. The lowest BCUT2D eigenvalue weighted by molar-refractivity contribution is -0.301. The van der Waals surface area contributed by atoms with Gasteiger partial charge >= 0.3 is 0 Å². The fraction of sp³-hybridized carbons (Fsp3) is 0.857. The molecule has 0 radical (unpaired) electrons. The smallest absolute Gasteiger partial charge is 0.226 e. The predicted octanol–water partition coefficient (Wildman–Crippen LogP) is 0.760. The SMILES string of the molecule is O=C([O-])CSCNC(=O)C12CC3CC(CC(C3)C1)C2. The van der Waals surface area contributed by atoms with Gasteiger partial charge in [0.2, 0.25) is 5.91 Å². The first-order chi connectivity index (χ1) is 9.07. The lowest BCUT2D eigenvalue weighted by Gasteiger charge is -2.55. The van der Waals surface area contributed by atoms with Crippen LogP contribution in [-0.2, 0) is 9.59 Å². The molecule has 19 heavy (non-hydrogen) atoms. The predicted molar refractivity (Wildman–Crippen MR) is 71.1 cm³/mol. The van der Waals surface area contributed by atoms with Gasteiger partial charge in [0.05, 0.1) is 11.8 Å². The molecular weight excluding hydrogens is 262 g/mol. The van der Waals surface area contributed by atoms with Gasteiger partial charge in [0.1, 0.15) is 0 Å². The van der Waals surface area contributed by atoms with E-state index in [9.17, 15) is 14.7 Å². The summed E-state index contributed by atoms with van der Waals surface area (Å²) in [7, 11) is 0. The van der Waals surface area contributed by atoms with Crippen LogP contribution in [0.1, 0.15) is 38.5 Å². The molecule has 4 fully saturated rings. The molecule has 4 bridgehead atoms. The number of carbonyl (C=O) groups excluding carboxylic acids is 2. The first-order valence-corrected chi connectivity index (χ1v) is 8.29. The molecule has 0 aliphatic heterocycles. The minimum atomic E-state index is -1.07. The van der Waals surface area contributed by atoms with Crippen LogP contribution in [0.5, 0.6) is 0 Å². The Kier molecular flexibility index (Phi) is 3.50. The molecule has 0 aromatic rings. The van der Waals surface area contributed by atoms with Gasteiger partial charge < -0.3 is 15.2 Å². The minimum absolute atomic E-state index is 0.0544. The molecule has 106 valence electrons.